The van der Waals surface area contributed by atoms with Crippen LogP contribution in [0, 0.1) is 0 Å². The van der Waals surface area contributed by atoms with Gasteiger partial charge in [-0.15, -0.1) is 16.4 Å². The first kappa shape index (κ1) is 17.2. The highest BCUT2D eigenvalue weighted by Crippen LogP contribution is 2.27. The number of halogens is 1. The molecule has 130 valence electrons. The Morgan fingerprint density at radius 3 is 2.96 bits per heavy atom. The number of nitrogens with zero attached hydrogens (tertiary/aromatic N) is 2. The second-order valence-corrected chi connectivity index (χ2v) is 6.38. The fourth-order valence-corrected chi connectivity index (χ4v) is 3.02. The van der Waals surface area contributed by atoms with Crippen molar-refractivity contribution in [2.75, 3.05) is 12.4 Å². The lowest BCUT2D eigenvalue weighted by Gasteiger charge is -2.07. The van der Waals surface area contributed by atoms with Crippen LogP contribution in [0.2, 0.25) is 5.02 Å². The molecule has 2 aromatic heterocycles. The van der Waals surface area contributed by atoms with Gasteiger partial charge in [0.05, 0.1) is 23.6 Å². The Hall–Kier alpha value is -2.58. The first-order valence-electron chi connectivity index (χ1n) is 7.32. The maximum absolute atomic E-state index is 12.0. The molecule has 0 aliphatic carbocycles. The minimum atomic E-state index is -0.594. The standard InChI is InChI=1S/C16H14ClN3O4S/c1-23-12-5-4-10(9-11(12)17)18-14(21)6-7-20-16(22)24-15(19-20)13-3-2-8-25-13/h2-5,8-9H,6-7H2,1H3,(H,18,21). The number of methoxy groups -OCH3 is 1. The van der Waals surface area contributed by atoms with Crippen LogP contribution in [0.3, 0.4) is 0 Å². The second kappa shape index (κ2) is 7.54. The SMILES string of the molecule is COc1ccc(NC(=O)CCn2nc(-c3cccs3)oc2=O)cc1Cl. The van der Waals surface area contributed by atoms with Crippen molar-refractivity contribution in [3.63, 3.8) is 0 Å². The van der Waals surface area contributed by atoms with Crippen LogP contribution in [0.4, 0.5) is 5.69 Å². The molecule has 0 bridgehead atoms. The van der Waals surface area contributed by atoms with E-state index in [9.17, 15) is 9.59 Å². The molecule has 0 spiro atoms. The van der Waals surface area contributed by atoms with Gasteiger partial charge in [-0.05, 0) is 29.6 Å². The second-order valence-electron chi connectivity index (χ2n) is 5.02. The lowest BCUT2D eigenvalue weighted by molar-refractivity contribution is -0.116. The van der Waals surface area contributed by atoms with Crippen LogP contribution in [0.25, 0.3) is 10.8 Å². The lowest BCUT2D eigenvalue weighted by atomic mass is 10.3. The molecule has 0 fully saturated rings. The molecule has 0 saturated carbocycles. The number of hydrogen-bond acceptors (Lipinski definition) is 6. The van der Waals surface area contributed by atoms with Gasteiger partial charge in [0.15, 0.2) is 0 Å². The van der Waals surface area contributed by atoms with E-state index in [1.54, 1.807) is 24.3 Å². The average molecular weight is 380 g/mol. The molecule has 2 heterocycles. The summed E-state index contributed by atoms with van der Waals surface area (Å²) in [4.78, 5) is 24.6. The van der Waals surface area contributed by atoms with E-state index in [-0.39, 0.29) is 24.8 Å². The van der Waals surface area contributed by atoms with Crippen molar-refractivity contribution < 1.29 is 13.9 Å². The van der Waals surface area contributed by atoms with Crippen molar-refractivity contribution >= 4 is 34.5 Å². The van der Waals surface area contributed by atoms with Crippen LogP contribution >= 0.6 is 22.9 Å². The van der Waals surface area contributed by atoms with E-state index in [4.69, 9.17) is 20.8 Å². The van der Waals surface area contributed by atoms with Crippen LogP contribution in [0.1, 0.15) is 6.42 Å². The van der Waals surface area contributed by atoms with Gasteiger partial charge in [0.25, 0.3) is 5.89 Å². The Labute approximate surface area is 151 Å². The average Bonchev–Trinajstić information content (AvgIpc) is 3.23. The number of hydrogen-bond donors (Lipinski definition) is 1. The summed E-state index contributed by atoms with van der Waals surface area (Å²) in [6.07, 6.45) is 0.0694. The van der Waals surface area contributed by atoms with Crippen molar-refractivity contribution in [3.8, 4) is 16.5 Å². The van der Waals surface area contributed by atoms with Crippen molar-refractivity contribution in [2.45, 2.75) is 13.0 Å². The first-order chi connectivity index (χ1) is 12.1. The van der Waals surface area contributed by atoms with Gasteiger partial charge < -0.3 is 14.5 Å². The Morgan fingerprint density at radius 2 is 2.28 bits per heavy atom. The molecule has 1 aromatic carbocycles. The number of aryl methyl sites for hydroxylation is 1. The number of aromatic nitrogens is 2. The highest BCUT2D eigenvalue weighted by atomic mass is 35.5. The van der Waals surface area contributed by atoms with E-state index in [2.05, 4.69) is 10.4 Å². The van der Waals surface area contributed by atoms with E-state index in [0.717, 1.165) is 9.56 Å². The van der Waals surface area contributed by atoms with Gasteiger partial charge >= 0.3 is 5.76 Å². The van der Waals surface area contributed by atoms with Crippen molar-refractivity contribution in [3.05, 3.63) is 51.3 Å². The molecular weight excluding hydrogens is 366 g/mol. The summed E-state index contributed by atoms with van der Waals surface area (Å²) >= 11 is 7.43. The third-order valence-electron chi connectivity index (χ3n) is 3.32. The Morgan fingerprint density at radius 1 is 1.44 bits per heavy atom. The number of carbonyl (C=O) groups is 1. The highest BCUT2D eigenvalue weighted by molar-refractivity contribution is 7.13. The topological polar surface area (TPSA) is 86.4 Å². The molecular formula is C16H14ClN3O4S. The number of benzene rings is 1. The molecule has 0 aliphatic rings. The van der Waals surface area contributed by atoms with E-state index >= 15 is 0 Å². The largest absolute Gasteiger partial charge is 0.495 e. The number of rotatable bonds is 6. The molecule has 0 radical (unpaired) electrons. The number of carbonyl (C=O) groups excluding carboxylic acids is 1. The number of amides is 1. The number of thiophene rings is 1. The Kier molecular flexibility index (Phi) is 5.20. The van der Waals surface area contributed by atoms with E-state index in [0.29, 0.717) is 16.5 Å². The molecule has 0 saturated heterocycles. The lowest BCUT2D eigenvalue weighted by Crippen LogP contribution is -2.20. The van der Waals surface area contributed by atoms with Crippen LogP contribution in [0.5, 0.6) is 5.75 Å². The predicted molar refractivity (Wildman–Crippen MR) is 95.3 cm³/mol. The molecule has 0 aliphatic heterocycles. The van der Waals surface area contributed by atoms with Gasteiger partial charge in [0, 0.05) is 12.1 Å². The monoisotopic (exact) mass is 379 g/mol. The van der Waals surface area contributed by atoms with Crippen molar-refractivity contribution in [1.29, 1.82) is 0 Å². The zero-order valence-electron chi connectivity index (χ0n) is 13.2. The minimum absolute atomic E-state index is 0.0694. The van der Waals surface area contributed by atoms with Gasteiger partial charge in [-0.25, -0.2) is 4.79 Å². The minimum Gasteiger partial charge on any atom is -0.495 e. The molecule has 0 atom stereocenters. The molecule has 1 amide bonds. The molecule has 3 rings (SSSR count). The van der Waals surface area contributed by atoms with Gasteiger partial charge in [0.2, 0.25) is 5.91 Å². The molecule has 3 aromatic rings. The third-order valence-corrected chi connectivity index (χ3v) is 4.48. The summed E-state index contributed by atoms with van der Waals surface area (Å²) in [6.45, 7) is 0.115. The molecule has 25 heavy (non-hydrogen) atoms. The summed E-state index contributed by atoms with van der Waals surface area (Å²) in [5.74, 6) is -0.0882. The summed E-state index contributed by atoms with van der Waals surface area (Å²) in [5, 5.41) is 9.07. The van der Waals surface area contributed by atoms with Crippen LogP contribution in [-0.2, 0) is 11.3 Å². The Bertz CT molecular complexity index is 933. The number of ether oxygens (including phenoxy) is 1. The molecule has 9 heteroatoms. The molecule has 0 unspecified atom stereocenters. The fraction of sp³-hybridized carbons (Fsp3) is 0.188. The zero-order chi connectivity index (χ0) is 17.8. The quantitative estimate of drug-likeness (QED) is 0.710. The van der Waals surface area contributed by atoms with E-state index < -0.39 is 5.76 Å². The maximum atomic E-state index is 12.0. The fourth-order valence-electron chi connectivity index (χ4n) is 2.12. The zero-order valence-corrected chi connectivity index (χ0v) is 14.8. The number of anilines is 1. The van der Waals surface area contributed by atoms with Gasteiger partial charge in [-0.2, -0.15) is 4.68 Å². The van der Waals surface area contributed by atoms with Gasteiger partial charge in [0.1, 0.15) is 5.75 Å². The smallest absolute Gasteiger partial charge is 0.437 e. The summed E-state index contributed by atoms with van der Waals surface area (Å²) < 4.78 is 11.3. The molecule has 7 nitrogen and oxygen atoms in total. The maximum Gasteiger partial charge on any atom is 0.437 e. The molecule has 1 N–H and O–H groups in total. The first-order valence-corrected chi connectivity index (χ1v) is 8.58. The third kappa shape index (κ3) is 4.09. The van der Waals surface area contributed by atoms with Crippen LogP contribution < -0.4 is 15.8 Å². The highest BCUT2D eigenvalue weighted by Gasteiger charge is 2.12. The van der Waals surface area contributed by atoms with E-state index in [1.165, 1.54) is 18.4 Å². The van der Waals surface area contributed by atoms with Gasteiger partial charge in [-0.3, -0.25) is 4.79 Å². The van der Waals surface area contributed by atoms with Crippen LogP contribution in [-0.4, -0.2) is 22.8 Å². The van der Waals surface area contributed by atoms with Crippen LogP contribution in [0.15, 0.2) is 44.9 Å². The summed E-state index contributed by atoms with van der Waals surface area (Å²) in [6, 6.07) is 8.58. The van der Waals surface area contributed by atoms with E-state index in [1.807, 2.05) is 11.4 Å². The Balaban J connectivity index is 1.61. The van der Waals surface area contributed by atoms with Gasteiger partial charge in [-0.1, -0.05) is 17.7 Å². The van der Waals surface area contributed by atoms with Crippen molar-refractivity contribution in [1.82, 2.24) is 9.78 Å². The van der Waals surface area contributed by atoms with Crippen molar-refractivity contribution in [2.24, 2.45) is 0 Å². The number of nitrogens with one attached hydrogen (secondary N) is 1. The predicted octanol–water partition coefficient (Wildman–Crippen LogP) is 3.26. The summed E-state index contributed by atoms with van der Waals surface area (Å²) in [7, 11) is 1.51. The normalized spacial score (nSPS) is 10.6. The summed E-state index contributed by atoms with van der Waals surface area (Å²) in [5.41, 5.74) is 0.544.